The Bertz CT molecular complexity index is 9160. The monoisotopic (exact) mass is 1770 g/mol. The fourth-order valence-electron chi connectivity index (χ4n) is 23.0. The summed E-state index contributed by atoms with van der Waals surface area (Å²) >= 11 is 0. The van der Waals surface area contributed by atoms with Crippen molar-refractivity contribution in [2.24, 2.45) is 35.2 Å². The quantitative estimate of drug-likeness (QED) is 0.100. The van der Waals surface area contributed by atoms with Crippen molar-refractivity contribution in [3.8, 4) is 0 Å². The fourth-order valence-corrected chi connectivity index (χ4v) is 23.0. The summed E-state index contributed by atoms with van der Waals surface area (Å²) in [5, 5.41) is 12.5. The number of para-hydroxylation sites is 6. The third-order valence-electron chi connectivity index (χ3n) is 29.8. The van der Waals surface area contributed by atoms with E-state index in [-0.39, 0.29) is 0 Å². The van der Waals surface area contributed by atoms with E-state index in [2.05, 4.69) is 396 Å². The maximum atomic E-state index is 4.85. The molecule has 0 saturated heterocycles. The second-order valence-electron chi connectivity index (χ2n) is 37.0. The number of aromatic nitrogens is 15. The summed E-state index contributed by atoms with van der Waals surface area (Å²) < 4.78 is 23.9. The minimum atomic E-state index is 0.999. The molecule has 0 aliphatic heterocycles. The average Bonchev–Trinajstić information content (AvgIpc) is 1.57. The van der Waals surface area contributed by atoms with Gasteiger partial charge < -0.3 is 0 Å². The molecular formula is C120H120N15+5. The van der Waals surface area contributed by atoms with Crippen molar-refractivity contribution in [3.05, 3.63) is 327 Å². The summed E-state index contributed by atoms with van der Waals surface area (Å²) in [7, 11) is 10.9. The van der Waals surface area contributed by atoms with Gasteiger partial charge in [0, 0.05) is 63.7 Å². The Morgan fingerprint density at radius 1 is 0.237 bits per heavy atom. The summed E-state index contributed by atoms with van der Waals surface area (Å²) in [6, 6.07) is 77.5. The number of aryl methyl sites for hydroxylation is 20. The number of hydrogen-bond donors (Lipinski definition) is 0. The van der Waals surface area contributed by atoms with Gasteiger partial charge in [-0.1, -0.05) is 154 Å². The number of fused-ring (bicyclic) bond motifs is 40. The topological polar surface area (TPSA) is 107 Å². The molecule has 0 aliphatic rings. The van der Waals surface area contributed by atoms with Crippen molar-refractivity contribution < 1.29 is 22.7 Å². The average molecular weight is 1770 g/mol. The van der Waals surface area contributed by atoms with Gasteiger partial charge >= 0.3 is 0 Å². The van der Waals surface area contributed by atoms with E-state index in [1.807, 2.05) is 31.0 Å². The van der Waals surface area contributed by atoms with Crippen molar-refractivity contribution in [3.63, 3.8) is 0 Å². The highest BCUT2D eigenvalue weighted by molar-refractivity contribution is 6.17. The van der Waals surface area contributed by atoms with Crippen LogP contribution in [0.25, 0.3) is 192 Å². The number of hydrogen-bond acceptors (Lipinski definition) is 5. The van der Waals surface area contributed by atoms with Crippen molar-refractivity contribution in [1.29, 1.82) is 0 Å². The molecule has 0 atom stereocenters. The normalized spacial score (nSPS) is 12.0. The third-order valence-corrected chi connectivity index (χ3v) is 29.8. The van der Waals surface area contributed by atoms with Crippen LogP contribution < -0.4 is 22.7 Å². The van der Waals surface area contributed by atoms with Gasteiger partial charge in [0.2, 0.25) is 0 Å². The Labute approximate surface area is 787 Å². The van der Waals surface area contributed by atoms with Gasteiger partial charge in [-0.3, -0.25) is 24.9 Å². The Hall–Kier alpha value is -14.7. The second kappa shape index (κ2) is 34.4. The highest BCUT2D eigenvalue weighted by atomic mass is 15.2. The molecule has 0 radical (unpaired) electrons. The molecule has 10 aromatic carbocycles. The van der Waals surface area contributed by atoms with E-state index in [4.69, 9.17) is 24.9 Å². The van der Waals surface area contributed by atoms with Crippen LogP contribution in [0.2, 0.25) is 0 Å². The molecule has 0 fully saturated rings. The lowest BCUT2D eigenvalue weighted by molar-refractivity contribution is -0.617. The molecule has 0 spiro atoms. The Morgan fingerprint density at radius 3 is 1.16 bits per heavy atom. The van der Waals surface area contributed by atoms with Crippen LogP contribution in [-0.2, 0) is 99.4 Å². The van der Waals surface area contributed by atoms with Gasteiger partial charge in [0.05, 0.1) is 95.1 Å². The van der Waals surface area contributed by atoms with E-state index in [0.29, 0.717) is 0 Å². The van der Waals surface area contributed by atoms with Crippen molar-refractivity contribution >= 4 is 192 Å². The largest absolute Gasteiger partial charge is 0.297 e. The van der Waals surface area contributed by atoms with E-state index in [0.717, 1.165) is 91.8 Å². The molecule has 0 saturated carbocycles. The summed E-state index contributed by atoms with van der Waals surface area (Å²) in [6.07, 6.45) is 20.0. The molecule has 670 valence electrons. The molecule has 0 N–H and O–H groups in total. The van der Waals surface area contributed by atoms with Gasteiger partial charge in [-0.05, 0) is 299 Å². The molecule has 15 nitrogen and oxygen atoms in total. The van der Waals surface area contributed by atoms with Crippen LogP contribution in [0.4, 0.5) is 0 Å². The Morgan fingerprint density at radius 2 is 0.622 bits per heavy atom. The molecule has 0 amide bonds. The number of benzene rings is 10. The number of rotatable bonds is 10. The van der Waals surface area contributed by atoms with E-state index in [1.54, 1.807) is 0 Å². The Kier molecular flexibility index (Phi) is 22.2. The molecular weight excluding hydrogens is 1650 g/mol. The third kappa shape index (κ3) is 13.2. The molecule has 15 heteroatoms. The maximum absolute atomic E-state index is 4.85. The first kappa shape index (κ1) is 87.0. The molecule has 25 rings (SSSR count). The number of pyridine rings is 10. The van der Waals surface area contributed by atoms with Crippen LogP contribution in [-0.4, -0.2) is 47.1 Å². The molecule has 0 aliphatic carbocycles. The van der Waals surface area contributed by atoms with Gasteiger partial charge in [-0.15, -0.1) is 0 Å². The molecule has 135 heavy (non-hydrogen) atoms. The second-order valence-corrected chi connectivity index (χ2v) is 37.0. The zero-order valence-electron chi connectivity index (χ0n) is 81.9. The van der Waals surface area contributed by atoms with Gasteiger partial charge in [-0.2, -0.15) is 22.0 Å². The first-order chi connectivity index (χ1) is 65.8. The summed E-state index contributed by atoms with van der Waals surface area (Å²) in [4.78, 5) is 24.1. The minimum absolute atomic E-state index is 0.999. The first-order valence-electron chi connectivity index (χ1n) is 48.9. The standard InChI is InChI=1S/5C24H24N3/c1-5-16-10-11-18-20(14-16)26(4)24-21-15(3)12-13-25-23(21)22-17(6-2)8-7-9-19(22)27(18)24;1-5-16-10-11-19-20(14-16)27-23-17(6-2)8-7-9-18(23)22-21(24(27)26(19)4)15(3)12-13-25-22;1-5-16-13-18-21(14-17(16)6-2)27-20-10-8-7-9-19(20)26(4)24(27)22-15(3)11-12-25-23(18)22;1-5-16-11-12-18-22-21(15(3)13-14-25-22)24-26(4)19-9-7-8-10-20(19)27(24)23(18)17(16)6-2;1-5-16-11-12-20-23(17(16)6-2)27-19-10-8-7-9-18(19)22-21(24(27)26(20)4)15(3)13-14-25-22/h5*7-14H,5-6H2,1-4H3/q5*+1. The molecule has 25 aromatic rings. The highest BCUT2D eigenvalue weighted by Crippen LogP contribution is 2.42. The number of imidazole rings is 5. The van der Waals surface area contributed by atoms with Crippen molar-refractivity contribution in [2.75, 3.05) is 0 Å². The molecule has 0 unspecified atom stereocenters. The van der Waals surface area contributed by atoms with E-state index < -0.39 is 0 Å². The first-order valence-corrected chi connectivity index (χ1v) is 48.9. The summed E-state index contributed by atoms with van der Waals surface area (Å²) in [5.74, 6) is 0. The minimum Gasteiger partial charge on any atom is -0.255 e. The van der Waals surface area contributed by atoms with Gasteiger partial charge in [0.25, 0.3) is 28.2 Å². The predicted molar refractivity (Wildman–Crippen MR) is 562 cm³/mol. The van der Waals surface area contributed by atoms with Crippen LogP contribution in [0, 0.1) is 34.6 Å². The van der Waals surface area contributed by atoms with Crippen molar-refractivity contribution in [2.45, 2.75) is 168 Å². The van der Waals surface area contributed by atoms with Gasteiger partial charge in [0.1, 0.15) is 27.6 Å². The van der Waals surface area contributed by atoms with E-state index in [1.165, 1.54) is 248 Å². The zero-order valence-corrected chi connectivity index (χ0v) is 81.9. The van der Waals surface area contributed by atoms with Crippen LogP contribution in [0.15, 0.2) is 243 Å². The molecule has 0 bridgehead atoms. The highest BCUT2D eigenvalue weighted by Gasteiger charge is 2.34. The fraction of sp³-hybridized carbons (Fsp3) is 0.250. The summed E-state index contributed by atoms with van der Waals surface area (Å²) in [6.45, 7) is 33.3. The number of nitrogens with zero attached hydrogens (tertiary/aromatic N) is 15. The molecule has 15 aromatic heterocycles. The van der Waals surface area contributed by atoms with Crippen LogP contribution in [0.5, 0.6) is 0 Å². The maximum Gasteiger partial charge on any atom is 0.297 e. The predicted octanol–water partition coefficient (Wildman–Crippen LogP) is 25.3. The smallest absolute Gasteiger partial charge is 0.255 e. The lowest BCUT2D eigenvalue weighted by atomic mass is 9.97. The SMILES string of the molecule is CCc1cc2c3nccc(C)c3c3n(c2cc1CC)c1ccccc1[n+]3C.CCc1ccc2c(c1)n(C)c1c3c(C)ccnc3c3c(CC)cccc3[n+]21.CCc1ccc2c(c1)n1c3c(CC)cccc3c3nccc(C)c3c1[n+]2C.CCc1ccc2c(c1CC)n1c3ccccc3c3nccc(C)c3c1[n+]2C.CCc1ccc2c3nccc(C)c3c3n(c4ccccc4[n+]3C)c2c1CC. The van der Waals surface area contributed by atoms with Crippen molar-refractivity contribution in [1.82, 2.24) is 47.1 Å². The summed E-state index contributed by atoms with van der Waals surface area (Å²) in [5.41, 5.74) is 51.1. The zero-order chi connectivity index (χ0) is 93.5. The van der Waals surface area contributed by atoms with E-state index >= 15 is 0 Å². The van der Waals surface area contributed by atoms with Crippen LogP contribution in [0.1, 0.15) is 153 Å². The molecule has 15 heterocycles. The van der Waals surface area contributed by atoms with Gasteiger partial charge in [-0.25, -0.2) is 22.8 Å². The van der Waals surface area contributed by atoms with Crippen LogP contribution >= 0.6 is 0 Å². The van der Waals surface area contributed by atoms with Crippen LogP contribution in [0.3, 0.4) is 0 Å². The lowest BCUT2D eigenvalue weighted by Crippen LogP contribution is -2.27. The van der Waals surface area contributed by atoms with Gasteiger partial charge in [0.15, 0.2) is 55.2 Å². The Balaban J connectivity index is 0.000000101. The lowest BCUT2D eigenvalue weighted by Gasteiger charge is -2.12. The van der Waals surface area contributed by atoms with E-state index in [9.17, 15) is 0 Å².